The summed E-state index contributed by atoms with van der Waals surface area (Å²) in [6.07, 6.45) is 0. The maximum Gasteiger partial charge on any atom is 0.237 e. The van der Waals surface area contributed by atoms with Crippen molar-refractivity contribution in [2.24, 2.45) is 0 Å². The third-order valence-corrected chi connectivity index (χ3v) is 4.96. The lowest BCUT2D eigenvalue weighted by atomic mass is 10.2. The van der Waals surface area contributed by atoms with Crippen molar-refractivity contribution in [3.05, 3.63) is 45.9 Å². The lowest BCUT2D eigenvalue weighted by Gasteiger charge is -2.15. The number of amides is 1. The van der Waals surface area contributed by atoms with Gasteiger partial charge in [0.05, 0.1) is 16.5 Å². The number of halogens is 1. The molecule has 0 aliphatic carbocycles. The number of hydrogen-bond acceptors (Lipinski definition) is 5. The molecule has 132 valence electrons. The van der Waals surface area contributed by atoms with E-state index in [9.17, 15) is 9.59 Å². The van der Waals surface area contributed by atoms with Gasteiger partial charge in [0.25, 0.3) is 0 Å². The van der Waals surface area contributed by atoms with E-state index in [0.717, 1.165) is 5.56 Å². The van der Waals surface area contributed by atoms with E-state index in [2.05, 4.69) is 15.3 Å². The molecule has 0 saturated heterocycles. The van der Waals surface area contributed by atoms with Crippen LogP contribution in [0.1, 0.15) is 41.3 Å². The van der Waals surface area contributed by atoms with Crippen molar-refractivity contribution in [3.63, 3.8) is 0 Å². The Morgan fingerprint density at radius 2 is 1.88 bits per heavy atom. The van der Waals surface area contributed by atoms with E-state index in [-0.39, 0.29) is 11.7 Å². The molecule has 1 atom stereocenters. The molecule has 0 saturated carbocycles. The van der Waals surface area contributed by atoms with Crippen molar-refractivity contribution < 1.29 is 9.59 Å². The summed E-state index contributed by atoms with van der Waals surface area (Å²) in [6, 6.07) is 5.34. The van der Waals surface area contributed by atoms with Gasteiger partial charge in [0.1, 0.15) is 10.9 Å². The van der Waals surface area contributed by atoms with Crippen molar-refractivity contribution in [1.29, 1.82) is 0 Å². The number of anilines is 1. The van der Waals surface area contributed by atoms with Gasteiger partial charge in [-0.3, -0.25) is 9.59 Å². The molecular weight excluding hydrogens is 358 g/mol. The fourth-order valence-corrected chi connectivity index (χ4v) is 3.62. The van der Waals surface area contributed by atoms with Crippen LogP contribution in [0.3, 0.4) is 0 Å². The molecule has 1 aromatic heterocycles. The van der Waals surface area contributed by atoms with Crippen LogP contribution in [0.5, 0.6) is 0 Å². The molecule has 1 aromatic carbocycles. The number of nitrogens with zero attached hydrogens (tertiary/aromatic N) is 2. The highest BCUT2D eigenvalue weighted by molar-refractivity contribution is 8.00. The van der Waals surface area contributed by atoms with Crippen LogP contribution in [0, 0.1) is 20.8 Å². The standard InChI is InChI=1S/C18H20ClN3O2S/c1-9-6-7-14(19)8-15(9)22-17(24)12(4)25-18-16(11(3)23)10(2)20-13(5)21-18/h6-8,12H,1-5H3,(H,22,24). The molecule has 0 fully saturated rings. The van der Waals surface area contributed by atoms with Gasteiger partial charge in [-0.25, -0.2) is 9.97 Å². The number of thioether (sulfide) groups is 1. The second kappa shape index (κ2) is 7.97. The molecule has 1 heterocycles. The summed E-state index contributed by atoms with van der Waals surface area (Å²) in [6.45, 7) is 8.69. The third-order valence-electron chi connectivity index (χ3n) is 3.64. The summed E-state index contributed by atoms with van der Waals surface area (Å²) in [5.74, 6) is 0.278. The molecule has 25 heavy (non-hydrogen) atoms. The third kappa shape index (κ3) is 4.80. The summed E-state index contributed by atoms with van der Waals surface area (Å²) in [4.78, 5) is 33.0. The van der Waals surface area contributed by atoms with E-state index in [1.165, 1.54) is 18.7 Å². The SMILES string of the molecule is CC(=O)c1c(C)nc(C)nc1SC(C)C(=O)Nc1cc(Cl)ccc1C. The lowest BCUT2D eigenvalue weighted by Crippen LogP contribution is -2.23. The molecule has 1 unspecified atom stereocenters. The van der Waals surface area contributed by atoms with Gasteiger partial charge in [-0.05, 0) is 52.3 Å². The predicted molar refractivity (Wildman–Crippen MR) is 102 cm³/mol. The molecule has 1 amide bonds. The summed E-state index contributed by atoms with van der Waals surface area (Å²) >= 11 is 7.24. The normalized spacial score (nSPS) is 11.9. The van der Waals surface area contributed by atoms with Crippen molar-refractivity contribution in [3.8, 4) is 0 Å². The number of benzene rings is 1. The van der Waals surface area contributed by atoms with E-state index in [1.807, 2.05) is 13.0 Å². The summed E-state index contributed by atoms with van der Waals surface area (Å²) < 4.78 is 0. The Morgan fingerprint density at radius 3 is 2.52 bits per heavy atom. The second-order valence-corrected chi connectivity index (χ2v) is 7.57. The first kappa shape index (κ1) is 19.4. The maximum atomic E-state index is 12.5. The zero-order valence-electron chi connectivity index (χ0n) is 14.8. The Kier molecular flexibility index (Phi) is 6.19. The first-order chi connectivity index (χ1) is 11.7. The number of Topliss-reactive ketones (excluding diaryl/α,β-unsaturated/α-hetero) is 1. The molecule has 0 aliphatic heterocycles. The first-order valence-corrected chi connectivity index (χ1v) is 9.04. The highest BCUT2D eigenvalue weighted by Crippen LogP contribution is 2.28. The zero-order valence-corrected chi connectivity index (χ0v) is 16.4. The molecule has 0 bridgehead atoms. The Hall–Kier alpha value is -1.92. The number of nitrogens with one attached hydrogen (secondary N) is 1. The Balaban J connectivity index is 2.22. The van der Waals surface area contributed by atoms with Gasteiger partial charge in [0, 0.05) is 10.7 Å². The van der Waals surface area contributed by atoms with Crippen LogP contribution in [0.25, 0.3) is 0 Å². The van der Waals surface area contributed by atoms with Crippen LogP contribution in [0.15, 0.2) is 23.2 Å². The average Bonchev–Trinajstić information content (AvgIpc) is 2.49. The van der Waals surface area contributed by atoms with Crippen LogP contribution in [0.2, 0.25) is 5.02 Å². The van der Waals surface area contributed by atoms with E-state index < -0.39 is 5.25 Å². The number of aryl methyl sites for hydroxylation is 3. The van der Waals surface area contributed by atoms with Crippen LogP contribution >= 0.6 is 23.4 Å². The number of carbonyl (C=O) groups excluding carboxylic acids is 2. The van der Waals surface area contributed by atoms with E-state index in [0.29, 0.717) is 32.8 Å². The number of carbonyl (C=O) groups is 2. The monoisotopic (exact) mass is 377 g/mol. The molecule has 0 radical (unpaired) electrons. The van der Waals surface area contributed by atoms with Gasteiger partial charge in [-0.1, -0.05) is 29.4 Å². The smallest absolute Gasteiger partial charge is 0.237 e. The Morgan fingerprint density at radius 1 is 1.20 bits per heavy atom. The van der Waals surface area contributed by atoms with Crippen LogP contribution < -0.4 is 5.32 Å². The summed E-state index contributed by atoms with van der Waals surface area (Å²) in [5, 5.41) is 3.52. The molecule has 0 spiro atoms. The minimum Gasteiger partial charge on any atom is -0.325 e. The van der Waals surface area contributed by atoms with E-state index in [1.54, 1.807) is 32.9 Å². The largest absolute Gasteiger partial charge is 0.325 e. The topological polar surface area (TPSA) is 72.0 Å². The average molecular weight is 378 g/mol. The molecular formula is C18H20ClN3O2S. The molecule has 0 aliphatic rings. The van der Waals surface area contributed by atoms with Crippen molar-refractivity contribution in [1.82, 2.24) is 9.97 Å². The fraction of sp³-hybridized carbons (Fsp3) is 0.333. The molecule has 7 heteroatoms. The quantitative estimate of drug-likeness (QED) is 0.475. The second-order valence-electron chi connectivity index (χ2n) is 5.80. The Labute approximate surface area is 156 Å². The fourth-order valence-electron chi connectivity index (χ4n) is 2.36. The van der Waals surface area contributed by atoms with Gasteiger partial charge < -0.3 is 5.32 Å². The number of rotatable bonds is 5. The van der Waals surface area contributed by atoms with Gasteiger partial charge in [-0.15, -0.1) is 0 Å². The van der Waals surface area contributed by atoms with Crippen LogP contribution in [-0.2, 0) is 4.79 Å². The van der Waals surface area contributed by atoms with Crippen molar-refractivity contribution in [2.75, 3.05) is 5.32 Å². The molecule has 2 aromatic rings. The van der Waals surface area contributed by atoms with Crippen LogP contribution in [0.4, 0.5) is 5.69 Å². The van der Waals surface area contributed by atoms with Gasteiger partial charge >= 0.3 is 0 Å². The highest BCUT2D eigenvalue weighted by Gasteiger charge is 2.21. The van der Waals surface area contributed by atoms with E-state index >= 15 is 0 Å². The number of aromatic nitrogens is 2. The van der Waals surface area contributed by atoms with Gasteiger partial charge in [0.15, 0.2) is 5.78 Å². The van der Waals surface area contributed by atoms with Crippen molar-refractivity contribution in [2.45, 2.75) is 44.9 Å². The maximum absolute atomic E-state index is 12.5. The zero-order chi connectivity index (χ0) is 18.7. The molecule has 5 nitrogen and oxygen atoms in total. The van der Waals surface area contributed by atoms with Gasteiger partial charge in [0.2, 0.25) is 5.91 Å². The summed E-state index contributed by atoms with van der Waals surface area (Å²) in [7, 11) is 0. The van der Waals surface area contributed by atoms with E-state index in [4.69, 9.17) is 11.6 Å². The lowest BCUT2D eigenvalue weighted by molar-refractivity contribution is -0.115. The minimum atomic E-state index is -0.440. The predicted octanol–water partition coefficient (Wildman–Crippen LogP) is 4.38. The molecule has 2 rings (SSSR count). The first-order valence-electron chi connectivity index (χ1n) is 7.79. The summed E-state index contributed by atoms with van der Waals surface area (Å²) in [5.41, 5.74) is 2.69. The number of ketones is 1. The Bertz CT molecular complexity index is 839. The molecule has 1 N–H and O–H groups in total. The van der Waals surface area contributed by atoms with Crippen LogP contribution in [-0.4, -0.2) is 26.9 Å². The minimum absolute atomic E-state index is 0.113. The van der Waals surface area contributed by atoms with Crippen molar-refractivity contribution >= 4 is 40.7 Å². The number of hydrogen-bond donors (Lipinski definition) is 1. The highest BCUT2D eigenvalue weighted by atomic mass is 35.5. The van der Waals surface area contributed by atoms with Gasteiger partial charge in [-0.2, -0.15) is 0 Å².